The Morgan fingerprint density at radius 3 is 2.77 bits per heavy atom. The Bertz CT molecular complexity index is 882. The van der Waals surface area contributed by atoms with Crippen molar-refractivity contribution in [3.8, 4) is 0 Å². The number of anilines is 1. The highest BCUT2D eigenvalue weighted by Gasteiger charge is 2.16. The summed E-state index contributed by atoms with van der Waals surface area (Å²) < 4.78 is 18.7. The Morgan fingerprint density at radius 2 is 1.96 bits per heavy atom. The second-order valence-corrected chi connectivity index (χ2v) is 7.25. The van der Waals surface area contributed by atoms with Crippen molar-refractivity contribution in [3.63, 3.8) is 0 Å². The molecule has 0 bridgehead atoms. The maximum absolute atomic E-state index is 13.0. The summed E-state index contributed by atoms with van der Waals surface area (Å²) in [5.41, 5.74) is 1.96. The summed E-state index contributed by atoms with van der Waals surface area (Å²) in [5.74, 6) is 1.32. The topological polar surface area (TPSA) is 47.0 Å². The molecule has 3 aromatic rings. The average molecular weight is 369 g/mol. The van der Waals surface area contributed by atoms with Gasteiger partial charge in [0.05, 0.1) is 11.6 Å². The van der Waals surface area contributed by atoms with E-state index in [4.69, 9.17) is 9.72 Å². The number of fused-ring (bicyclic) bond motifs is 1. The molecule has 0 saturated carbocycles. The van der Waals surface area contributed by atoms with E-state index in [9.17, 15) is 4.39 Å². The predicted octanol–water partition coefficient (Wildman–Crippen LogP) is 4.65. The molecule has 1 fully saturated rings. The van der Waals surface area contributed by atoms with Gasteiger partial charge in [0, 0.05) is 24.3 Å². The van der Waals surface area contributed by atoms with Crippen LogP contribution in [-0.4, -0.2) is 29.2 Å². The van der Waals surface area contributed by atoms with Gasteiger partial charge in [0.2, 0.25) is 0 Å². The van der Waals surface area contributed by atoms with Crippen molar-refractivity contribution in [3.05, 3.63) is 59.9 Å². The number of halogens is 1. The number of hydrogen-bond donors (Lipinski definition) is 1. The van der Waals surface area contributed by atoms with Gasteiger partial charge in [-0.1, -0.05) is 36.0 Å². The second kappa shape index (κ2) is 8.01. The molecule has 0 unspecified atom stereocenters. The minimum absolute atomic E-state index is 0.221. The van der Waals surface area contributed by atoms with Crippen LogP contribution in [0.2, 0.25) is 0 Å². The summed E-state index contributed by atoms with van der Waals surface area (Å²) >= 11 is 1.55. The standard InChI is InChI=1S/C20H20FN3OS/c21-15-9-7-14(8-10-15)13-26-20-23-18-6-2-1-5-17(18)19(24-20)22-12-16-4-3-11-25-16/h1-2,5-10,16H,3-4,11-13H2,(H,22,23,24)/t16-/m1/s1. The van der Waals surface area contributed by atoms with Crippen LogP contribution in [0.25, 0.3) is 10.9 Å². The van der Waals surface area contributed by atoms with Crippen molar-refractivity contribution < 1.29 is 9.13 Å². The first-order chi connectivity index (χ1) is 12.8. The quantitative estimate of drug-likeness (QED) is 0.506. The van der Waals surface area contributed by atoms with E-state index in [1.165, 1.54) is 12.1 Å². The summed E-state index contributed by atoms with van der Waals surface area (Å²) in [6.07, 6.45) is 2.46. The number of thioether (sulfide) groups is 1. The predicted molar refractivity (Wildman–Crippen MR) is 103 cm³/mol. The van der Waals surface area contributed by atoms with Crippen LogP contribution in [0.1, 0.15) is 18.4 Å². The molecule has 1 N–H and O–H groups in total. The number of rotatable bonds is 6. The molecule has 134 valence electrons. The van der Waals surface area contributed by atoms with Crippen LogP contribution in [0.4, 0.5) is 10.2 Å². The zero-order chi connectivity index (χ0) is 17.8. The normalized spacial score (nSPS) is 16.9. The molecule has 2 heterocycles. The Balaban J connectivity index is 1.53. The first-order valence-electron chi connectivity index (χ1n) is 8.77. The highest BCUT2D eigenvalue weighted by Crippen LogP contribution is 2.27. The Labute approximate surface area is 156 Å². The number of para-hydroxylation sites is 1. The van der Waals surface area contributed by atoms with Crippen molar-refractivity contribution in [2.45, 2.75) is 29.9 Å². The molecule has 6 heteroatoms. The lowest BCUT2D eigenvalue weighted by Crippen LogP contribution is -2.19. The number of nitrogens with one attached hydrogen (secondary N) is 1. The molecule has 1 atom stereocenters. The van der Waals surface area contributed by atoms with Gasteiger partial charge in [0.15, 0.2) is 5.16 Å². The van der Waals surface area contributed by atoms with Crippen LogP contribution < -0.4 is 5.32 Å². The number of benzene rings is 2. The zero-order valence-electron chi connectivity index (χ0n) is 14.3. The molecule has 2 aromatic carbocycles. The van der Waals surface area contributed by atoms with Crippen LogP contribution in [-0.2, 0) is 10.5 Å². The Kier molecular flexibility index (Phi) is 5.32. The SMILES string of the molecule is Fc1ccc(CSc2nc(NC[C@H]3CCCO3)c3ccccc3n2)cc1. The molecule has 1 aliphatic heterocycles. The van der Waals surface area contributed by atoms with Crippen LogP contribution in [0.5, 0.6) is 0 Å². The molecule has 26 heavy (non-hydrogen) atoms. The highest BCUT2D eigenvalue weighted by atomic mass is 32.2. The fourth-order valence-electron chi connectivity index (χ4n) is 3.00. The molecule has 0 amide bonds. The van der Waals surface area contributed by atoms with Crippen LogP contribution in [0.3, 0.4) is 0 Å². The number of hydrogen-bond acceptors (Lipinski definition) is 5. The maximum atomic E-state index is 13.0. The van der Waals surface area contributed by atoms with Gasteiger partial charge < -0.3 is 10.1 Å². The van der Waals surface area contributed by atoms with Gasteiger partial charge >= 0.3 is 0 Å². The summed E-state index contributed by atoms with van der Waals surface area (Å²) in [7, 11) is 0. The number of nitrogens with zero attached hydrogens (tertiary/aromatic N) is 2. The van der Waals surface area contributed by atoms with E-state index in [0.717, 1.165) is 48.3 Å². The molecule has 0 radical (unpaired) electrons. The molecule has 0 aliphatic carbocycles. The lowest BCUT2D eigenvalue weighted by atomic mass is 10.2. The van der Waals surface area contributed by atoms with Crippen LogP contribution in [0.15, 0.2) is 53.7 Å². The Morgan fingerprint density at radius 1 is 1.12 bits per heavy atom. The lowest BCUT2D eigenvalue weighted by Gasteiger charge is -2.14. The highest BCUT2D eigenvalue weighted by molar-refractivity contribution is 7.98. The Hall–Kier alpha value is -2.18. The summed E-state index contributed by atoms with van der Waals surface area (Å²) in [5, 5.41) is 5.16. The van der Waals surface area contributed by atoms with Crippen LogP contribution in [0, 0.1) is 5.82 Å². The number of aromatic nitrogens is 2. The third-order valence-electron chi connectivity index (χ3n) is 4.39. The fraction of sp³-hybridized carbons (Fsp3) is 0.300. The largest absolute Gasteiger partial charge is 0.376 e. The zero-order valence-corrected chi connectivity index (χ0v) is 15.1. The van der Waals surface area contributed by atoms with Gasteiger partial charge in [-0.2, -0.15) is 0 Å². The van der Waals surface area contributed by atoms with Gasteiger partial charge in [-0.15, -0.1) is 0 Å². The maximum Gasteiger partial charge on any atom is 0.190 e. The van der Waals surface area contributed by atoms with Crippen molar-refractivity contribution in [2.75, 3.05) is 18.5 Å². The molecule has 1 saturated heterocycles. The third kappa shape index (κ3) is 4.14. The van der Waals surface area contributed by atoms with E-state index in [-0.39, 0.29) is 11.9 Å². The minimum Gasteiger partial charge on any atom is -0.376 e. The summed E-state index contributed by atoms with van der Waals surface area (Å²) in [6.45, 7) is 1.60. The summed E-state index contributed by atoms with van der Waals surface area (Å²) in [6, 6.07) is 14.5. The average Bonchev–Trinajstić information content (AvgIpc) is 3.19. The first kappa shape index (κ1) is 17.2. The van der Waals surface area contributed by atoms with E-state index >= 15 is 0 Å². The number of ether oxygens (including phenoxy) is 1. The first-order valence-corrected chi connectivity index (χ1v) is 9.76. The van der Waals surface area contributed by atoms with Gasteiger partial charge in [-0.05, 0) is 42.7 Å². The van der Waals surface area contributed by atoms with E-state index in [1.807, 2.05) is 24.3 Å². The molecular formula is C20H20FN3OS. The van der Waals surface area contributed by atoms with Gasteiger partial charge in [0.25, 0.3) is 0 Å². The van der Waals surface area contributed by atoms with Crippen molar-refractivity contribution in [1.29, 1.82) is 0 Å². The lowest BCUT2D eigenvalue weighted by molar-refractivity contribution is 0.120. The fourth-order valence-corrected chi connectivity index (χ4v) is 3.81. The molecule has 0 spiro atoms. The van der Waals surface area contributed by atoms with Crippen molar-refractivity contribution in [1.82, 2.24) is 9.97 Å². The molecule has 4 rings (SSSR count). The monoisotopic (exact) mass is 369 g/mol. The molecule has 4 nitrogen and oxygen atoms in total. The van der Waals surface area contributed by atoms with E-state index in [2.05, 4.69) is 10.3 Å². The van der Waals surface area contributed by atoms with E-state index in [1.54, 1.807) is 23.9 Å². The third-order valence-corrected chi connectivity index (χ3v) is 5.30. The summed E-state index contributed by atoms with van der Waals surface area (Å²) in [4.78, 5) is 9.36. The minimum atomic E-state index is -0.221. The van der Waals surface area contributed by atoms with Crippen molar-refractivity contribution >= 4 is 28.5 Å². The van der Waals surface area contributed by atoms with E-state index in [0.29, 0.717) is 10.9 Å². The molecule has 1 aliphatic rings. The van der Waals surface area contributed by atoms with Crippen molar-refractivity contribution in [2.24, 2.45) is 0 Å². The second-order valence-electron chi connectivity index (χ2n) is 6.30. The van der Waals surface area contributed by atoms with Crippen LogP contribution >= 0.6 is 11.8 Å². The van der Waals surface area contributed by atoms with Gasteiger partial charge in [-0.25, -0.2) is 14.4 Å². The van der Waals surface area contributed by atoms with Gasteiger partial charge in [0.1, 0.15) is 11.6 Å². The molecular weight excluding hydrogens is 349 g/mol. The van der Waals surface area contributed by atoms with Gasteiger partial charge in [-0.3, -0.25) is 0 Å². The molecule has 1 aromatic heterocycles. The smallest absolute Gasteiger partial charge is 0.190 e. The van der Waals surface area contributed by atoms with E-state index < -0.39 is 0 Å².